The molecule has 0 bridgehead atoms. The summed E-state index contributed by atoms with van der Waals surface area (Å²) in [5.41, 5.74) is 1.58. The molecule has 0 radical (unpaired) electrons. The highest BCUT2D eigenvalue weighted by atomic mass is 16.5. The van der Waals surface area contributed by atoms with Gasteiger partial charge in [0.05, 0.1) is 5.41 Å². The van der Waals surface area contributed by atoms with Crippen LogP contribution in [0.15, 0.2) is 54.6 Å². The van der Waals surface area contributed by atoms with E-state index < -0.39 is 29.6 Å². The van der Waals surface area contributed by atoms with Crippen LogP contribution in [0.5, 0.6) is 0 Å². The quantitative estimate of drug-likeness (QED) is 0.378. The molecule has 2 aromatic carbocycles. The molecule has 42 heavy (non-hydrogen) atoms. The Balaban J connectivity index is 1.58. The van der Waals surface area contributed by atoms with Crippen LogP contribution in [0.4, 0.5) is 5.69 Å². The first-order valence-electron chi connectivity index (χ1n) is 14.9. The van der Waals surface area contributed by atoms with Gasteiger partial charge in [-0.15, -0.1) is 0 Å². The fourth-order valence-electron chi connectivity index (χ4n) is 6.43. The number of amides is 3. The smallest absolute Gasteiger partial charge is 0.326 e. The number of rotatable bonds is 12. The normalized spacial score (nSPS) is 20.6. The molecule has 9 heteroatoms. The Kier molecular flexibility index (Phi) is 10.0. The van der Waals surface area contributed by atoms with Crippen LogP contribution >= 0.6 is 0 Å². The molecule has 2 fully saturated rings. The van der Waals surface area contributed by atoms with Crippen LogP contribution in [0.2, 0.25) is 0 Å². The number of hydrogen-bond donors (Lipinski definition) is 2. The van der Waals surface area contributed by atoms with Crippen LogP contribution < -0.4 is 10.2 Å². The summed E-state index contributed by atoms with van der Waals surface area (Å²) in [5, 5.41) is 12.8. The first-order chi connectivity index (χ1) is 20.1. The summed E-state index contributed by atoms with van der Waals surface area (Å²) in [7, 11) is 1.60. The molecule has 3 atom stereocenters. The Morgan fingerprint density at radius 2 is 1.69 bits per heavy atom. The number of aliphatic carboxylic acids is 1. The molecule has 0 unspecified atom stereocenters. The molecular formula is C33H43N3O6. The van der Waals surface area contributed by atoms with Crippen LogP contribution in [0.3, 0.4) is 0 Å². The first kappa shape index (κ1) is 31.2. The molecule has 0 spiro atoms. The van der Waals surface area contributed by atoms with Crippen LogP contribution in [0, 0.1) is 11.3 Å². The van der Waals surface area contributed by atoms with Crippen LogP contribution in [0.25, 0.3) is 0 Å². The van der Waals surface area contributed by atoms with Gasteiger partial charge in [-0.25, -0.2) is 4.79 Å². The standard InChI is InChI=1S/C33H43N3O6/c1-22(2)20-28-30(38)36(29(35(28)23(3)37)25-10-6-5-7-11-25)26-14-12-24(13-15-26)21-27(31(39)40)34-32(41)33(18-19-42-4)16-8-9-17-33/h5-7,10-15,22,27-29H,8-9,16-21H2,1-4H3,(H,34,41)(H,39,40)/t27-,28+,29-/m0/s1. The van der Waals surface area contributed by atoms with E-state index in [1.165, 1.54) is 6.92 Å². The molecule has 226 valence electrons. The number of carbonyl (C=O) groups excluding carboxylic acids is 3. The van der Waals surface area contributed by atoms with Gasteiger partial charge in [0.25, 0.3) is 5.91 Å². The molecule has 1 heterocycles. The third-order valence-corrected chi connectivity index (χ3v) is 8.61. The van der Waals surface area contributed by atoms with Crippen molar-refractivity contribution >= 4 is 29.4 Å². The molecular weight excluding hydrogens is 534 g/mol. The number of carboxylic acids is 1. The van der Waals surface area contributed by atoms with Crippen molar-refractivity contribution in [1.82, 2.24) is 10.2 Å². The Bertz CT molecular complexity index is 1260. The predicted molar refractivity (Wildman–Crippen MR) is 160 cm³/mol. The van der Waals surface area contributed by atoms with E-state index >= 15 is 0 Å². The zero-order valence-electron chi connectivity index (χ0n) is 25.0. The molecule has 1 aliphatic carbocycles. The maximum absolute atomic E-state index is 13.8. The van der Waals surface area contributed by atoms with Gasteiger partial charge < -0.3 is 20.1 Å². The summed E-state index contributed by atoms with van der Waals surface area (Å²) in [4.78, 5) is 55.6. The molecule has 0 aromatic heterocycles. The minimum atomic E-state index is -1.10. The minimum absolute atomic E-state index is 0.104. The number of ether oxygens (including phenoxy) is 1. The lowest BCUT2D eigenvalue weighted by Crippen LogP contribution is -2.49. The van der Waals surface area contributed by atoms with Gasteiger partial charge in [-0.3, -0.25) is 19.3 Å². The van der Waals surface area contributed by atoms with Gasteiger partial charge in [0.2, 0.25) is 11.8 Å². The van der Waals surface area contributed by atoms with E-state index in [4.69, 9.17) is 4.74 Å². The van der Waals surface area contributed by atoms with Gasteiger partial charge in [-0.2, -0.15) is 0 Å². The van der Waals surface area contributed by atoms with Crippen molar-refractivity contribution in [1.29, 1.82) is 0 Å². The third-order valence-electron chi connectivity index (χ3n) is 8.61. The summed E-state index contributed by atoms with van der Waals surface area (Å²) < 4.78 is 5.22. The lowest BCUT2D eigenvalue weighted by Gasteiger charge is -2.31. The van der Waals surface area contributed by atoms with Gasteiger partial charge in [0.1, 0.15) is 18.2 Å². The number of nitrogens with zero attached hydrogens (tertiary/aromatic N) is 2. The van der Waals surface area contributed by atoms with Crippen molar-refractivity contribution in [3.63, 3.8) is 0 Å². The summed E-state index contributed by atoms with van der Waals surface area (Å²) in [6, 6.07) is 15.0. The molecule has 2 N–H and O–H groups in total. The van der Waals surface area contributed by atoms with Gasteiger partial charge in [0, 0.05) is 32.7 Å². The summed E-state index contributed by atoms with van der Waals surface area (Å²) in [5.74, 6) is -1.43. The number of methoxy groups -OCH3 is 1. The lowest BCUT2D eigenvalue weighted by atomic mass is 9.81. The predicted octanol–water partition coefficient (Wildman–Crippen LogP) is 4.70. The van der Waals surface area contributed by atoms with Crippen LogP contribution in [0.1, 0.15) is 76.6 Å². The number of anilines is 1. The molecule has 2 aromatic rings. The topological polar surface area (TPSA) is 116 Å². The number of nitrogens with one attached hydrogen (secondary N) is 1. The van der Waals surface area contributed by atoms with Crippen molar-refractivity contribution in [2.24, 2.45) is 11.3 Å². The van der Waals surface area contributed by atoms with E-state index in [0.717, 1.165) is 31.2 Å². The van der Waals surface area contributed by atoms with E-state index in [2.05, 4.69) is 5.32 Å². The fourth-order valence-corrected chi connectivity index (χ4v) is 6.43. The molecule has 1 saturated heterocycles. The lowest BCUT2D eigenvalue weighted by molar-refractivity contribution is -0.144. The first-order valence-corrected chi connectivity index (χ1v) is 14.9. The van der Waals surface area contributed by atoms with Crippen LogP contribution in [-0.2, 0) is 30.3 Å². The highest BCUT2D eigenvalue weighted by Crippen LogP contribution is 2.42. The summed E-state index contributed by atoms with van der Waals surface area (Å²) in [6.07, 6.45) is 3.96. The number of carboxylic acid groups (broad SMARTS) is 1. The average Bonchev–Trinajstić information content (AvgIpc) is 3.56. The van der Waals surface area contributed by atoms with E-state index in [9.17, 15) is 24.3 Å². The minimum Gasteiger partial charge on any atom is -0.480 e. The van der Waals surface area contributed by atoms with E-state index in [1.807, 2.05) is 44.2 Å². The number of hydrogen-bond acceptors (Lipinski definition) is 5. The average molecular weight is 578 g/mol. The SMILES string of the molecule is COCCC1(C(=O)N[C@@H](Cc2ccc(N3C(=O)[C@@H](CC(C)C)N(C(C)=O)[C@@H]3c3ccccc3)cc2)C(=O)O)CCCC1. The Morgan fingerprint density at radius 3 is 2.24 bits per heavy atom. The van der Waals surface area contributed by atoms with Gasteiger partial charge >= 0.3 is 5.97 Å². The Hall–Kier alpha value is -3.72. The van der Waals surface area contributed by atoms with Crippen molar-refractivity contribution in [2.45, 2.75) is 84.0 Å². The van der Waals surface area contributed by atoms with Crippen molar-refractivity contribution in [3.05, 3.63) is 65.7 Å². The fraction of sp³-hybridized carbons (Fsp3) is 0.515. The Labute approximate surface area is 248 Å². The van der Waals surface area contributed by atoms with Crippen molar-refractivity contribution in [2.75, 3.05) is 18.6 Å². The summed E-state index contributed by atoms with van der Waals surface area (Å²) in [6.45, 7) is 6.01. The molecule has 3 amide bonds. The van der Waals surface area contributed by atoms with Gasteiger partial charge in [0.15, 0.2) is 0 Å². The number of carbonyl (C=O) groups is 4. The zero-order chi connectivity index (χ0) is 30.4. The molecule has 1 aliphatic heterocycles. The molecule has 1 saturated carbocycles. The molecule has 9 nitrogen and oxygen atoms in total. The molecule has 4 rings (SSSR count). The van der Waals surface area contributed by atoms with E-state index in [0.29, 0.717) is 30.7 Å². The monoisotopic (exact) mass is 577 g/mol. The van der Waals surface area contributed by atoms with Crippen LogP contribution in [-0.4, -0.2) is 59.5 Å². The highest BCUT2D eigenvalue weighted by molar-refractivity contribution is 6.03. The third kappa shape index (κ3) is 6.67. The highest BCUT2D eigenvalue weighted by Gasteiger charge is 2.48. The van der Waals surface area contributed by atoms with Gasteiger partial charge in [-0.05, 0) is 54.9 Å². The van der Waals surface area contributed by atoms with Crippen molar-refractivity contribution < 1.29 is 29.0 Å². The van der Waals surface area contributed by atoms with Crippen molar-refractivity contribution in [3.8, 4) is 0 Å². The zero-order valence-corrected chi connectivity index (χ0v) is 25.0. The van der Waals surface area contributed by atoms with E-state index in [-0.39, 0.29) is 30.1 Å². The Morgan fingerprint density at radius 1 is 1.05 bits per heavy atom. The largest absolute Gasteiger partial charge is 0.480 e. The maximum atomic E-state index is 13.8. The second kappa shape index (κ2) is 13.5. The second-order valence-corrected chi connectivity index (χ2v) is 12.0. The maximum Gasteiger partial charge on any atom is 0.326 e. The second-order valence-electron chi connectivity index (χ2n) is 12.0. The van der Waals surface area contributed by atoms with E-state index in [1.54, 1.807) is 41.2 Å². The summed E-state index contributed by atoms with van der Waals surface area (Å²) >= 11 is 0. The number of benzene rings is 2. The van der Waals surface area contributed by atoms with Gasteiger partial charge in [-0.1, -0.05) is 69.2 Å². The molecule has 2 aliphatic rings.